The molecule has 2 N–H and O–H groups in total. The fourth-order valence-electron chi connectivity index (χ4n) is 2.70. The van der Waals surface area contributed by atoms with Crippen molar-refractivity contribution in [1.29, 1.82) is 0 Å². The van der Waals surface area contributed by atoms with E-state index in [1.165, 1.54) is 0 Å². The molecule has 3 atom stereocenters. The van der Waals surface area contributed by atoms with Gasteiger partial charge in [0.05, 0.1) is 31.5 Å². The maximum Gasteiger partial charge on any atom is 0.161 e. The van der Waals surface area contributed by atoms with Gasteiger partial charge in [0.2, 0.25) is 0 Å². The molecule has 0 spiro atoms. The number of fused-ring (bicyclic) bond motifs is 1. The highest BCUT2D eigenvalue weighted by atomic mass is 16.5. The predicted octanol–water partition coefficient (Wildman–Crippen LogP) is 2.42. The Labute approximate surface area is 113 Å². The zero-order valence-electron chi connectivity index (χ0n) is 11.3. The van der Waals surface area contributed by atoms with Crippen LogP contribution in [0.5, 0.6) is 11.5 Å². The number of ether oxygens (including phenoxy) is 3. The summed E-state index contributed by atoms with van der Waals surface area (Å²) in [5, 5.41) is 0. The molecular weight excluding hydrogens is 242 g/mol. The van der Waals surface area contributed by atoms with Gasteiger partial charge in [-0.05, 0) is 37.5 Å². The van der Waals surface area contributed by atoms with E-state index in [9.17, 15) is 0 Å². The Morgan fingerprint density at radius 2 is 1.95 bits per heavy atom. The summed E-state index contributed by atoms with van der Waals surface area (Å²) in [4.78, 5) is 0. The standard InChI is InChI=1S/C15H21NO3/c1-10-3-5-13(19-10)15(16)11-4-6-12-14(9-11)18-8-2-7-17-12/h4,6,9-10,13,15H,2-3,5,7-8,16H2,1H3. The van der Waals surface area contributed by atoms with Crippen LogP contribution in [0.15, 0.2) is 18.2 Å². The third-order valence-electron chi connectivity index (χ3n) is 3.82. The summed E-state index contributed by atoms with van der Waals surface area (Å²) in [5.74, 6) is 1.62. The minimum Gasteiger partial charge on any atom is -0.490 e. The SMILES string of the molecule is CC1CCC(C(N)c2ccc3c(c2)OCCCO3)O1. The molecule has 2 heterocycles. The zero-order chi connectivity index (χ0) is 13.2. The number of rotatable bonds is 2. The van der Waals surface area contributed by atoms with Crippen molar-refractivity contribution in [2.45, 2.75) is 44.4 Å². The molecule has 104 valence electrons. The Balaban J connectivity index is 1.79. The van der Waals surface area contributed by atoms with E-state index in [0.717, 1.165) is 36.3 Å². The minimum atomic E-state index is -0.0953. The van der Waals surface area contributed by atoms with E-state index in [4.69, 9.17) is 19.9 Å². The largest absolute Gasteiger partial charge is 0.490 e. The first-order chi connectivity index (χ1) is 9.24. The number of nitrogens with two attached hydrogens (primary N) is 1. The molecule has 4 nitrogen and oxygen atoms in total. The first-order valence-corrected chi connectivity index (χ1v) is 7.04. The Kier molecular flexibility index (Phi) is 3.62. The van der Waals surface area contributed by atoms with Crippen LogP contribution in [-0.2, 0) is 4.74 Å². The molecule has 0 bridgehead atoms. The topological polar surface area (TPSA) is 53.7 Å². The van der Waals surface area contributed by atoms with Gasteiger partial charge in [0.1, 0.15) is 0 Å². The van der Waals surface area contributed by atoms with E-state index in [1.807, 2.05) is 18.2 Å². The van der Waals surface area contributed by atoms with Gasteiger partial charge < -0.3 is 19.9 Å². The van der Waals surface area contributed by atoms with E-state index < -0.39 is 0 Å². The van der Waals surface area contributed by atoms with Crippen molar-refractivity contribution in [2.75, 3.05) is 13.2 Å². The fraction of sp³-hybridized carbons (Fsp3) is 0.600. The Hall–Kier alpha value is -1.26. The summed E-state index contributed by atoms with van der Waals surface area (Å²) < 4.78 is 17.2. The van der Waals surface area contributed by atoms with Crippen molar-refractivity contribution in [1.82, 2.24) is 0 Å². The van der Waals surface area contributed by atoms with Gasteiger partial charge in [-0.1, -0.05) is 6.07 Å². The van der Waals surface area contributed by atoms with E-state index in [1.54, 1.807) is 0 Å². The highest BCUT2D eigenvalue weighted by Gasteiger charge is 2.28. The highest BCUT2D eigenvalue weighted by Crippen LogP contribution is 2.35. The van der Waals surface area contributed by atoms with Crippen molar-refractivity contribution in [3.63, 3.8) is 0 Å². The van der Waals surface area contributed by atoms with Gasteiger partial charge in [0.15, 0.2) is 11.5 Å². The maximum absolute atomic E-state index is 6.31. The van der Waals surface area contributed by atoms with Gasteiger partial charge in [-0.15, -0.1) is 0 Å². The van der Waals surface area contributed by atoms with Crippen LogP contribution in [0.25, 0.3) is 0 Å². The molecular formula is C15H21NO3. The van der Waals surface area contributed by atoms with Gasteiger partial charge >= 0.3 is 0 Å². The third-order valence-corrected chi connectivity index (χ3v) is 3.82. The lowest BCUT2D eigenvalue weighted by molar-refractivity contribution is 0.0401. The van der Waals surface area contributed by atoms with E-state index >= 15 is 0 Å². The number of hydrogen-bond donors (Lipinski definition) is 1. The molecule has 1 fully saturated rings. The Morgan fingerprint density at radius 3 is 2.68 bits per heavy atom. The van der Waals surface area contributed by atoms with Crippen LogP contribution in [-0.4, -0.2) is 25.4 Å². The zero-order valence-corrected chi connectivity index (χ0v) is 11.3. The first kappa shape index (κ1) is 12.8. The summed E-state index contributed by atoms with van der Waals surface area (Å²) in [5.41, 5.74) is 7.37. The minimum absolute atomic E-state index is 0.0953. The molecule has 2 aliphatic heterocycles. The number of hydrogen-bond acceptors (Lipinski definition) is 4. The maximum atomic E-state index is 6.31. The summed E-state index contributed by atoms with van der Waals surface area (Å²) in [6.45, 7) is 3.50. The summed E-state index contributed by atoms with van der Waals surface area (Å²) in [6.07, 6.45) is 3.45. The van der Waals surface area contributed by atoms with Gasteiger partial charge in [-0.3, -0.25) is 0 Å². The lowest BCUT2D eigenvalue weighted by Gasteiger charge is -2.21. The average Bonchev–Trinajstić information content (AvgIpc) is 2.72. The van der Waals surface area contributed by atoms with Gasteiger partial charge in [0.25, 0.3) is 0 Å². The van der Waals surface area contributed by atoms with E-state index in [0.29, 0.717) is 19.3 Å². The van der Waals surface area contributed by atoms with E-state index in [-0.39, 0.29) is 12.1 Å². The Morgan fingerprint density at radius 1 is 1.16 bits per heavy atom. The van der Waals surface area contributed by atoms with Crippen LogP contribution >= 0.6 is 0 Å². The molecule has 3 rings (SSSR count). The fourth-order valence-corrected chi connectivity index (χ4v) is 2.70. The van der Waals surface area contributed by atoms with Crippen LogP contribution in [0.3, 0.4) is 0 Å². The quantitative estimate of drug-likeness (QED) is 0.890. The second-order valence-corrected chi connectivity index (χ2v) is 5.34. The summed E-state index contributed by atoms with van der Waals surface area (Å²) in [6, 6.07) is 5.87. The van der Waals surface area contributed by atoms with Crippen LogP contribution in [0.2, 0.25) is 0 Å². The van der Waals surface area contributed by atoms with Gasteiger partial charge in [-0.25, -0.2) is 0 Å². The molecule has 1 aromatic carbocycles. The molecule has 19 heavy (non-hydrogen) atoms. The van der Waals surface area contributed by atoms with Crippen molar-refractivity contribution in [2.24, 2.45) is 5.73 Å². The van der Waals surface area contributed by atoms with Crippen LogP contribution in [0, 0.1) is 0 Å². The van der Waals surface area contributed by atoms with Gasteiger partial charge in [0, 0.05) is 6.42 Å². The van der Waals surface area contributed by atoms with Crippen molar-refractivity contribution in [3.8, 4) is 11.5 Å². The van der Waals surface area contributed by atoms with Crippen LogP contribution in [0.4, 0.5) is 0 Å². The molecule has 3 unspecified atom stereocenters. The number of benzene rings is 1. The molecule has 1 aromatic rings. The molecule has 2 aliphatic rings. The molecule has 0 aromatic heterocycles. The molecule has 0 aliphatic carbocycles. The lowest BCUT2D eigenvalue weighted by atomic mass is 9.99. The molecule has 0 saturated carbocycles. The van der Waals surface area contributed by atoms with Crippen LogP contribution < -0.4 is 15.2 Å². The van der Waals surface area contributed by atoms with Crippen molar-refractivity contribution >= 4 is 0 Å². The summed E-state index contributed by atoms with van der Waals surface area (Å²) >= 11 is 0. The molecule has 0 radical (unpaired) electrons. The first-order valence-electron chi connectivity index (χ1n) is 7.04. The molecule has 1 saturated heterocycles. The average molecular weight is 263 g/mol. The summed E-state index contributed by atoms with van der Waals surface area (Å²) in [7, 11) is 0. The van der Waals surface area contributed by atoms with Crippen molar-refractivity contribution in [3.05, 3.63) is 23.8 Å². The third kappa shape index (κ3) is 2.69. The lowest BCUT2D eigenvalue weighted by Crippen LogP contribution is -2.26. The van der Waals surface area contributed by atoms with Crippen LogP contribution in [0.1, 0.15) is 37.8 Å². The molecule has 0 amide bonds. The monoisotopic (exact) mass is 263 g/mol. The smallest absolute Gasteiger partial charge is 0.161 e. The normalized spacial score (nSPS) is 27.9. The predicted molar refractivity (Wildman–Crippen MR) is 72.5 cm³/mol. The highest BCUT2D eigenvalue weighted by molar-refractivity contribution is 5.44. The Bertz CT molecular complexity index is 449. The van der Waals surface area contributed by atoms with Crippen molar-refractivity contribution < 1.29 is 14.2 Å². The van der Waals surface area contributed by atoms with E-state index in [2.05, 4.69) is 6.92 Å². The molecule has 4 heteroatoms. The second-order valence-electron chi connectivity index (χ2n) is 5.34. The second kappa shape index (κ2) is 5.39. The van der Waals surface area contributed by atoms with Gasteiger partial charge in [-0.2, -0.15) is 0 Å².